The number of halogens is 2. The third kappa shape index (κ3) is 4.66. The largest absolute Gasteiger partial charge is 0.313 e. The molecule has 3 atom stereocenters. The number of hydrogen-bond donors (Lipinski definition) is 1. The van der Waals surface area contributed by atoms with Gasteiger partial charge in [0.05, 0.1) is 15.7 Å². The highest BCUT2D eigenvalue weighted by molar-refractivity contribution is 7.85. The molecular formula is C14H21F2NOS. The summed E-state index contributed by atoms with van der Waals surface area (Å²) in [6, 6.07) is 3.12. The molecule has 1 aromatic rings. The van der Waals surface area contributed by atoms with Crippen molar-refractivity contribution >= 4 is 10.8 Å². The van der Waals surface area contributed by atoms with Crippen LogP contribution >= 0.6 is 0 Å². The third-order valence-corrected chi connectivity index (χ3v) is 4.73. The van der Waals surface area contributed by atoms with Crippen molar-refractivity contribution in [3.05, 3.63) is 29.8 Å². The Bertz CT molecular complexity index is 439. The van der Waals surface area contributed by atoms with E-state index in [1.165, 1.54) is 0 Å². The molecule has 0 aliphatic heterocycles. The first-order chi connectivity index (χ1) is 8.99. The first kappa shape index (κ1) is 16.2. The lowest BCUT2D eigenvalue weighted by Gasteiger charge is -2.23. The molecular weight excluding hydrogens is 268 g/mol. The van der Waals surface area contributed by atoms with Crippen molar-refractivity contribution in [1.29, 1.82) is 0 Å². The Kier molecular flexibility index (Phi) is 6.58. The van der Waals surface area contributed by atoms with Gasteiger partial charge in [-0.1, -0.05) is 27.2 Å². The number of rotatable bonds is 7. The Labute approximate surface area is 116 Å². The van der Waals surface area contributed by atoms with Crippen LogP contribution in [-0.2, 0) is 10.8 Å². The standard InChI is InChI=1S/C14H21F2NOS/c1-4-10(3)13(17-5-2)9-19(18)14-8-11(15)6-7-12(14)16/h6-8,10,13,17H,4-5,9H2,1-3H3. The van der Waals surface area contributed by atoms with Crippen molar-refractivity contribution < 1.29 is 13.0 Å². The molecule has 5 heteroatoms. The first-order valence-electron chi connectivity index (χ1n) is 6.56. The molecule has 0 bridgehead atoms. The summed E-state index contributed by atoms with van der Waals surface area (Å²) in [5.74, 6) is -0.545. The second-order valence-electron chi connectivity index (χ2n) is 4.64. The zero-order valence-electron chi connectivity index (χ0n) is 11.6. The lowest BCUT2D eigenvalue weighted by Crippen LogP contribution is -2.39. The van der Waals surface area contributed by atoms with Crippen LogP contribution in [0.3, 0.4) is 0 Å². The monoisotopic (exact) mass is 289 g/mol. The number of hydrogen-bond acceptors (Lipinski definition) is 2. The van der Waals surface area contributed by atoms with Gasteiger partial charge >= 0.3 is 0 Å². The topological polar surface area (TPSA) is 29.1 Å². The van der Waals surface area contributed by atoms with Crippen LogP contribution in [0.15, 0.2) is 23.1 Å². The van der Waals surface area contributed by atoms with Crippen LogP contribution in [0.25, 0.3) is 0 Å². The fourth-order valence-electron chi connectivity index (χ4n) is 1.88. The Morgan fingerprint density at radius 2 is 2.00 bits per heavy atom. The lowest BCUT2D eigenvalue weighted by molar-refractivity contribution is 0.401. The van der Waals surface area contributed by atoms with E-state index < -0.39 is 22.4 Å². The van der Waals surface area contributed by atoms with Crippen LogP contribution in [0.2, 0.25) is 0 Å². The van der Waals surface area contributed by atoms with Crippen molar-refractivity contribution in [2.45, 2.75) is 38.1 Å². The highest BCUT2D eigenvalue weighted by Gasteiger charge is 2.20. The van der Waals surface area contributed by atoms with Crippen LogP contribution in [-0.4, -0.2) is 22.5 Å². The summed E-state index contributed by atoms with van der Waals surface area (Å²) in [6.07, 6.45) is 0.945. The molecule has 1 N–H and O–H groups in total. The SMILES string of the molecule is CCNC(CS(=O)c1cc(F)ccc1F)C(C)CC. The van der Waals surface area contributed by atoms with Crippen molar-refractivity contribution in [1.82, 2.24) is 5.32 Å². The summed E-state index contributed by atoms with van der Waals surface area (Å²) in [5.41, 5.74) is 0. The molecule has 2 nitrogen and oxygen atoms in total. The molecule has 0 saturated carbocycles. The van der Waals surface area contributed by atoms with Crippen molar-refractivity contribution in [2.24, 2.45) is 5.92 Å². The molecule has 1 rings (SSSR count). The summed E-state index contributed by atoms with van der Waals surface area (Å²) in [4.78, 5) is -0.0498. The van der Waals surface area contributed by atoms with Crippen LogP contribution in [0.1, 0.15) is 27.2 Å². The van der Waals surface area contributed by atoms with Gasteiger partial charge in [-0.15, -0.1) is 0 Å². The second kappa shape index (κ2) is 7.70. The average Bonchev–Trinajstić information content (AvgIpc) is 2.40. The minimum atomic E-state index is -1.54. The van der Waals surface area contributed by atoms with Gasteiger partial charge in [0.1, 0.15) is 11.6 Å². The highest BCUT2D eigenvalue weighted by Crippen LogP contribution is 2.17. The quantitative estimate of drug-likeness (QED) is 0.835. The Morgan fingerprint density at radius 3 is 2.58 bits per heavy atom. The van der Waals surface area contributed by atoms with E-state index in [0.717, 1.165) is 31.2 Å². The van der Waals surface area contributed by atoms with Crippen molar-refractivity contribution in [3.63, 3.8) is 0 Å². The van der Waals surface area contributed by atoms with Gasteiger partial charge in [-0.05, 0) is 30.7 Å². The summed E-state index contributed by atoms with van der Waals surface area (Å²) >= 11 is 0. The molecule has 1 aromatic carbocycles. The normalized spacial score (nSPS) is 16.1. The summed E-state index contributed by atoms with van der Waals surface area (Å²) in [6.45, 7) is 6.85. The van der Waals surface area contributed by atoms with Crippen LogP contribution < -0.4 is 5.32 Å². The van der Waals surface area contributed by atoms with Crippen molar-refractivity contribution in [2.75, 3.05) is 12.3 Å². The summed E-state index contributed by atoms with van der Waals surface area (Å²) < 4.78 is 38.8. The molecule has 0 fully saturated rings. The van der Waals surface area contributed by atoms with E-state index >= 15 is 0 Å². The predicted molar refractivity (Wildman–Crippen MR) is 74.6 cm³/mol. The lowest BCUT2D eigenvalue weighted by atomic mass is 10.0. The molecule has 0 heterocycles. The highest BCUT2D eigenvalue weighted by atomic mass is 32.2. The molecule has 0 amide bonds. The van der Waals surface area contributed by atoms with Crippen LogP contribution in [0.4, 0.5) is 8.78 Å². The Balaban J connectivity index is 2.84. The Hall–Kier alpha value is -0.810. The van der Waals surface area contributed by atoms with Gasteiger partial charge in [0.25, 0.3) is 0 Å². The van der Waals surface area contributed by atoms with Gasteiger partial charge in [0, 0.05) is 11.8 Å². The fraction of sp³-hybridized carbons (Fsp3) is 0.571. The molecule has 0 saturated heterocycles. The maximum absolute atomic E-state index is 13.6. The summed E-state index contributed by atoms with van der Waals surface area (Å²) in [7, 11) is -1.54. The van der Waals surface area contributed by atoms with E-state index in [2.05, 4.69) is 19.2 Å². The van der Waals surface area contributed by atoms with E-state index in [1.807, 2.05) is 6.92 Å². The number of nitrogens with one attached hydrogen (secondary N) is 1. The third-order valence-electron chi connectivity index (χ3n) is 3.27. The molecule has 0 spiro atoms. The van der Waals surface area contributed by atoms with Gasteiger partial charge in [0.2, 0.25) is 0 Å². The van der Waals surface area contributed by atoms with Crippen LogP contribution in [0, 0.1) is 17.6 Å². The average molecular weight is 289 g/mol. The van der Waals surface area contributed by atoms with E-state index in [1.54, 1.807) is 0 Å². The maximum Gasteiger partial charge on any atom is 0.139 e. The molecule has 0 aliphatic rings. The molecule has 108 valence electrons. The minimum absolute atomic E-state index is 0.0403. The van der Waals surface area contributed by atoms with Gasteiger partial charge < -0.3 is 5.32 Å². The first-order valence-corrected chi connectivity index (χ1v) is 7.88. The fourth-order valence-corrected chi connectivity index (χ4v) is 3.36. The van der Waals surface area contributed by atoms with E-state index in [9.17, 15) is 13.0 Å². The van der Waals surface area contributed by atoms with E-state index in [0.29, 0.717) is 11.7 Å². The molecule has 0 radical (unpaired) electrons. The van der Waals surface area contributed by atoms with Crippen molar-refractivity contribution in [3.8, 4) is 0 Å². The zero-order chi connectivity index (χ0) is 14.4. The molecule has 19 heavy (non-hydrogen) atoms. The Morgan fingerprint density at radius 1 is 1.32 bits per heavy atom. The maximum atomic E-state index is 13.6. The van der Waals surface area contributed by atoms with Crippen LogP contribution in [0.5, 0.6) is 0 Å². The van der Waals surface area contributed by atoms with Gasteiger partial charge in [-0.3, -0.25) is 4.21 Å². The zero-order valence-corrected chi connectivity index (χ0v) is 12.4. The number of benzene rings is 1. The predicted octanol–water partition coefficient (Wildman–Crippen LogP) is 3.10. The second-order valence-corrected chi connectivity index (χ2v) is 6.10. The molecule has 0 aliphatic carbocycles. The smallest absolute Gasteiger partial charge is 0.139 e. The van der Waals surface area contributed by atoms with Gasteiger partial charge in [0.15, 0.2) is 0 Å². The van der Waals surface area contributed by atoms with Gasteiger partial charge in [-0.2, -0.15) is 0 Å². The molecule has 0 aromatic heterocycles. The van der Waals surface area contributed by atoms with E-state index in [-0.39, 0.29) is 10.9 Å². The van der Waals surface area contributed by atoms with E-state index in [4.69, 9.17) is 0 Å². The van der Waals surface area contributed by atoms with Gasteiger partial charge in [-0.25, -0.2) is 8.78 Å². The molecule has 3 unspecified atom stereocenters. The summed E-state index contributed by atoms with van der Waals surface area (Å²) in [5, 5.41) is 3.26. The minimum Gasteiger partial charge on any atom is -0.313 e.